The van der Waals surface area contributed by atoms with Crippen LogP contribution in [0, 0.1) is 22.7 Å². The summed E-state index contributed by atoms with van der Waals surface area (Å²) in [5, 5.41) is 0. The predicted molar refractivity (Wildman–Crippen MR) is 55.8 cm³/mol. The summed E-state index contributed by atoms with van der Waals surface area (Å²) in [5.41, 5.74) is 1.79. The number of rotatable bonds is 1. The smallest absolute Gasteiger partial charge is 0.140 e. The van der Waals surface area contributed by atoms with Crippen LogP contribution < -0.4 is 0 Å². The maximum atomic E-state index is 12.1. The second kappa shape index (κ2) is 2.15. The maximum Gasteiger partial charge on any atom is 0.140 e. The van der Waals surface area contributed by atoms with Gasteiger partial charge in [0.1, 0.15) is 5.78 Å². The second-order valence-electron chi connectivity index (χ2n) is 5.82. The van der Waals surface area contributed by atoms with Crippen LogP contribution in [0.3, 0.4) is 0 Å². The summed E-state index contributed by atoms with van der Waals surface area (Å²) in [6, 6.07) is 0. The van der Waals surface area contributed by atoms with E-state index in [4.69, 9.17) is 0 Å². The fourth-order valence-corrected chi connectivity index (χ4v) is 3.99. The first kappa shape index (κ1) is 8.70. The van der Waals surface area contributed by atoms with Gasteiger partial charge in [0.2, 0.25) is 0 Å². The molecule has 1 heteroatoms. The normalized spacial score (nSPS) is 47.4. The Hall–Kier alpha value is -0.590. The zero-order valence-electron chi connectivity index (χ0n) is 9.10. The van der Waals surface area contributed by atoms with Gasteiger partial charge in [-0.2, -0.15) is 0 Å². The molecule has 0 bridgehead atoms. The van der Waals surface area contributed by atoms with Gasteiger partial charge in [0, 0.05) is 11.8 Å². The first-order valence-electron chi connectivity index (χ1n) is 5.71. The van der Waals surface area contributed by atoms with Crippen molar-refractivity contribution >= 4 is 5.78 Å². The van der Waals surface area contributed by atoms with Crippen molar-refractivity contribution in [3.63, 3.8) is 0 Å². The van der Waals surface area contributed by atoms with Gasteiger partial charge < -0.3 is 0 Å². The van der Waals surface area contributed by atoms with Crippen LogP contribution in [-0.4, -0.2) is 5.78 Å². The Morgan fingerprint density at radius 1 is 1.50 bits per heavy atom. The van der Waals surface area contributed by atoms with E-state index in [2.05, 4.69) is 20.4 Å². The number of Topliss-reactive ketones (excluding diaryl/α,β-unsaturated/α-hetero) is 1. The molecule has 3 fully saturated rings. The third-order valence-corrected chi connectivity index (χ3v) is 5.33. The zero-order chi connectivity index (χ0) is 10.1. The summed E-state index contributed by atoms with van der Waals surface area (Å²) in [4.78, 5) is 12.1. The Kier molecular flexibility index (Phi) is 1.34. The first-order chi connectivity index (χ1) is 6.52. The molecule has 0 aromatic heterocycles. The summed E-state index contributed by atoms with van der Waals surface area (Å²) in [7, 11) is 0. The molecule has 0 N–H and O–H groups in total. The molecule has 1 spiro atoms. The molecule has 3 saturated carbocycles. The quantitative estimate of drug-likeness (QED) is 0.581. The van der Waals surface area contributed by atoms with Crippen molar-refractivity contribution in [3.8, 4) is 0 Å². The lowest BCUT2D eigenvalue weighted by Gasteiger charge is -2.24. The average molecular weight is 190 g/mol. The minimum atomic E-state index is 0.0962. The number of carbonyl (C=O) groups is 1. The van der Waals surface area contributed by atoms with Crippen molar-refractivity contribution in [1.29, 1.82) is 0 Å². The van der Waals surface area contributed by atoms with Gasteiger partial charge >= 0.3 is 0 Å². The third-order valence-electron chi connectivity index (χ3n) is 5.33. The summed E-state index contributed by atoms with van der Waals surface area (Å²) in [6.45, 7) is 8.29. The van der Waals surface area contributed by atoms with Gasteiger partial charge in [0.05, 0.1) is 0 Å². The molecule has 0 aliphatic heterocycles. The molecule has 0 aromatic carbocycles. The van der Waals surface area contributed by atoms with Crippen molar-refractivity contribution in [3.05, 3.63) is 12.2 Å². The van der Waals surface area contributed by atoms with Crippen LogP contribution in [0.5, 0.6) is 0 Å². The molecule has 0 radical (unpaired) electrons. The minimum Gasteiger partial charge on any atom is -0.299 e. The van der Waals surface area contributed by atoms with Crippen molar-refractivity contribution in [2.45, 2.75) is 39.5 Å². The van der Waals surface area contributed by atoms with Crippen LogP contribution in [0.4, 0.5) is 0 Å². The molecule has 0 heterocycles. The fourth-order valence-electron chi connectivity index (χ4n) is 3.99. The molecule has 3 aliphatic rings. The van der Waals surface area contributed by atoms with Crippen LogP contribution in [0.15, 0.2) is 12.2 Å². The zero-order valence-corrected chi connectivity index (χ0v) is 9.10. The molecular formula is C13H18O. The molecule has 0 aromatic rings. The van der Waals surface area contributed by atoms with Crippen LogP contribution in [-0.2, 0) is 4.79 Å². The molecular weight excluding hydrogens is 172 g/mol. The van der Waals surface area contributed by atoms with Gasteiger partial charge in [0.15, 0.2) is 0 Å². The van der Waals surface area contributed by atoms with Gasteiger partial charge in [-0.25, -0.2) is 0 Å². The van der Waals surface area contributed by atoms with Crippen molar-refractivity contribution in [2.75, 3.05) is 0 Å². The van der Waals surface area contributed by atoms with Gasteiger partial charge in [-0.1, -0.05) is 19.1 Å². The van der Waals surface area contributed by atoms with Crippen molar-refractivity contribution in [2.24, 2.45) is 22.7 Å². The lowest BCUT2D eigenvalue weighted by molar-refractivity contribution is -0.126. The van der Waals surface area contributed by atoms with Crippen LogP contribution in [0.2, 0.25) is 0 Å². The Morgan fingerprint density at radius 2 is 2.14 bits per heavy atom. The SMILES string of the molecule is C=C(C)[C@@H]1CC(=O)[C@]2(C)[C@H](C1)C21CC1. The van der Waals surface area contributed by atoms with E-state index in [-0.39, 0.29) is 5.41 Å². The lowest BCUT2D eigenvalue weighted by Crippen LogP contribution is -2.25. The molecule has 3 atom stereocenters. The maximum absolute atomic E-state index is 12.1. The topological polar surface area (TPSA) is 17.1 Å². The molecule has 1 nitrogen and oxygen atoms in total. The molecule has 3 aliphatic carbocycles. The highest BCUT2D eigenvalue weighted by Crippen LogP contribution is 2.85. The van der Waals surface area contributed by atoms with E-state index in [1.165, 1.54) is 24.8 Å². The van der Waals surface area contributed by atoms with Gasteiger partial charge in [-0.05, 0) is 43.4 Å². The molecule has 76 valence electrons. The summed E-state index contributed by atoms with van der Waals surface area (Å²) in [6.07, 6.45) is 4.62. The number of ketones is 1. The molecule has 14 heavy (non-hydrogen) atoms. The van der Waals surface area contributed by atoms with E-state index in [1.54, 1.807) is 0 Å². The number of allylic oxidation sites excluding steroid dienone is 1. The van der Waals surface area contributed by atoms with E-state index in [1.807, 2.05) is 0 Å². The van der Waals surface area contributed by atoms with E-state index in [0.29, 0.717) is 23.0 Å². The first-order valence-corrected chi connectivity index (χ1v) is 5.71. The van der Waals surface area contributed by atoms with E-state index < -0.39 is 0 Å². The highest BCUT2D eigenvalue weighted by Gasteiger charge is 2.82. The third kappa shape index (κ3) is 0.721. The lowest BCUT2D eigenvalue weighted by atomic mass is 9.79. The standard InChI is InChI=1S/C13H18O/c1-8(2)9-6-10-12(3,11(14)7-9)13(10)4-5-13/h9-10H,1,4-7H2,2-3H3/t9-,10-,12-/m0/s1. The minimum absolute atomic E-state index is 0.0962. The molecule has 0 saturated heterocycles. The Bertz CT molecular complexity index is 337. The molecule has 3 rings (SSSR count). The Morgan fingerprint density at radius 3 is 2.64 bits per heavy atom. The molecule has 0 amide bonds. The highest BCUT2D eigenvalue weighted by atomic mass is 16.1. The van der Waals surface area contributed by atoms with Crippen molar-refractivity contribution in [1.82, 2.24) is 0 Å². The van der Waals surface area contributed by atoms with Crippen LogP contribution >= 0.6 is 0 Å². The Balaban J connectivity index is 1.89. The second-order valence-corrected chi connectivity index (χ2v) is 5.82. The van der Waals surface area contributed by atoms with Crippen LogP contribution in [0.1, 0.15) is 39.5 Å². The van der Waals surface area contributed by atoms with Gasteiger partial charge in [-0.15, -0.1) is 0 Å². The van der Waals surface area contributed by atoms with E-state index in [9.17, 15) is 4.79 Å². The largest absolute Gasteiger partial charge is 0.299 e. The number of fused-ring (bicyclic) bond motifs is 3. The Labute approximate surface area is 85.6 Å². The van der Waals surface area contributed by atoms with Gasteiger partial charge in [0.25, 0.3) is 0 Å². The van der Waals surface area contributed by atoms with Crippen molar-refractivity contribution < 1.29 is 4.79 Å². The van der Waals surface area contributed by atoms with E-state index in [0.717, 1.165) is 6.42 Å². The van der Waals surface area contributed by atoms with Gasteiger partial charge in [-0.3, -0.25) is 4.79 Å². The summed E-state index contributed by atoms with van der Waals surface area (Å²) < 4.78 is 0. The predicted octanol–water partition coefficient (Wildman–Crippen LogP) is 2.96. The van der Waals surface area contributed by atoms with Crippen LogP contribution in [0.25, 0.3) is 0 Å². The number of carbonyl (C=O) groups excluding carboxylic acids is 1. The highest BCUT2D eigenvalue weighted by molar-refractivity contribution is 5.91. The summed E-state index contributed by atoms with van der Waals surface area (Å²) in [5.74, 6) is 1.72. The molecule has 0 unspecified atom stereocenters. The number of hydrogen-bond donors (Lipinski definition) is 0. The van der Waals surface area contributed by atoms with E-state index >= 15 is 0 Å². The monoisotopic (exact) mass is 190 g/mol. The number of hydrogen-bond acceptors (Lipinski definition) is 1. The summed E-state index contributed by atoms with van der Waals surface area (Å²) >= 11 is 0. The average Bonchev–Trinajstić information content (AvgIpc) is 2.97. The fraction of sp³-hybridized carbons (Fsp3) is 0.769.